The molecule has 0 aliphatic heterocycles. The number of nitrogens with zero attached hydrogens (tertiary/aromatic N) is 1. The van der Waals surface area contributed by atoms with Crippen LogP contribution in [0.2, 0.25) is 5.02 Å². The van der Waals surface area contributed by atoms with Gasteiger partial charge in [-0.3, -0.25) is 9.59 Å². The molecule has 8 nitrogen and oxygen atoms in total. The van der Waals surface area contributed by atoms with Crippen molar-refractivity contribution in [1.29, 1.82) is 5.26 Å². The van der Waals surface area contributed by atoms with Gasteiger partial charge in [0.2, 0.25) is 0 Å². The van der Waals surface area contributed by atoms with E-state index in [1.165, 1.54) is 44.4 Å². The highest BCUT2D eigenvalue weighted by atomic mass is 35.5. The second-order valence-electron chi connectivity index (χ2n) is 5.55. The monoisotopic (exact) mass is 389 g/mol. The predicted molar refractivity (Wildman–Crippen MR) is 96.0 cm³/mol. The molecule has 2 atom stereocenters. The van der Waals surface area contributed by atoms with E-state index in [-0.39, 0.29) is 16.3 Å². The Bertz CT molecular complexity index is 889. The van der Waals surface area contributed by atoms with Crippen LogP contribution in [-0.4, -0.2) is 29.9 Å². The molecule has 1 aromatic carbocycles. The number of anilines is 1. The van der Waals surface area contributed by atoms with Crippen molar-refractivity contribution in [1.82, 2.24) is 5.32 Å². The summed E-state index contributed by atoms with van der Waals surface area (Å²) in [5.41, 5.74) is 0.626. The number of furan rings is 1. The van der Waals surface area contributed by atoms with Crippen molar-refractivity contribution in [3.05, 3.63) is 52.9 Å². The topological polar surface area (TPSA) is 121 Å². The fourth-order valence-corrected chi connectivity index (χ4v) is 2.21. The average Bonchev–Trinajstić information content (AvgIpc) is 3.16. The maximum Gasteiger partial charge on any atom is 0.329 e. The maximum absolute atomic E-state index is 12.1. The number of nitrogens with one attached hydrogen (secondary N) is 2. The standard InChI is InChI=1S/C18H16ClN3O5/c1-10(21-17(24)15-4-3-7-26-15)18(25)27-11(2)16(23)22-13-6-5-12(9-20)14(19)8-13/h3-8,10-11H,1-2H3,(H,21,24)(H,22,23)/t10-,11-/m0/s1. The first-order valence-electron chi connectivity index (χ1n) is 7.87. The quantitative estimate of drug-likeness (QED) is 0.732. The lowest BCUT2D eigenvalue weighted by molar-refractivity contribution is -0.154. The number of hydrogen-bond donors (Lipinski definition) is 2. The third kappa shape index (κ3) is 5.33. The van der Waals surface area contributed by atoms with Gasteiger partial charge in [0.25, 0.3) is 11.8 Å². The molecule has 0 aliphatic rings. The van der Waals surface area contributed by atoms with E-state index < -0.39 is 29.9 Å². The van der Waals surface area contributed by atoms with Crippen LogP contribution in [0.1, 0.15) is 30.0 Å². The van der Waals surface area contributed by atoms with Crippen LogP contribution in [0, 0.1) is 11.3 Å². The number of nitriles is 1. The molecule has 2 amide bonds. The van der Waals surface area contributed by atoms with Crippen molar-refractivity contribution in [3.63, 3.8) is 0 Å². The summed E-state index contributed by atoms with van der Waals surface area (Å²) in [4.78, 5) is 36.0. The van der Waals surface area contributed by atoms with Crippen LogP contribution in [0.3, 0.4) is 0 Å². The molecular weight excluding hydrogens is 374 g/mol. The largest absolute Gasteiger partial charge is 0.459 e. The number of amides is 2. The zero-order chi connectivity index (χ0) is 20.0. The molecule has 0 bridgehead atoms. The maximum atomic E-state index is 12.1. The Morgan fingerprint density at radius 1 is 1.26 bits per heavy atom. The van der Waals surface area contributed by atoms with Gasteiger partial charge in [-0.05, 0) is 44.2 Å². The summed E-state index contributed by atoms with van der Waals surface area (Å²) in [6.45, 7) is 2.81. The normalized spacial score (nSPS) is 12.4. The van der Waals surface area contributed by atoms with Crippen LogP contribution in [0.25, 0.3) is 0 Å². The molecule has 2 rings (SSSR count). The third-order valence-corrected chi connectivity index (χ3v) is 3.78. The lowest BCUT2D eigenvalue weighted by atomic mass is 10.2. The highest BCUT2D eigenvalue weighted by Gasteiger charge is 2.24. The molecule has 0 aliphatic carbocycles. The minimum atomic E-state index is -1.12. The van der Waals surface area contributed by atoms with Gasteiger partial charge in [0, 0.05) is 5.69 Å². The van der Waals surface area contributed by atoms with Gasteiger partial charge in [-0.15, -0.1) is 0 Å². The molecule has 1 aromatic heterocycles. The van der Waals surface area contributed by atoms with Crippen LogP contribution in [0.5, 0.6) is 0 Å². The smallest absolute Gasteiger partial charge is 0.329 e. The summed E-state index contributed by atoms with van der Waals surface area (Å²) in [5, 5.41) is 14.0. The minimum Gasteiger partial charge on any atom is -0.459 e. The number of esters is 1. The fraction of sp³-hybridized carbons (Fsp3) is 0.222. The summed E-state index contributed by atoms with van der Waals surface area (Å²) < 4.78 is 9.99. The second-order valence-corrected chi connectivity index (χ2v) is 5.95. The lowest BCUT2D eigenvalue weighted by Crippen LogP contribution is -2.42. The van der Waals surface area contributed by atoms with E-state index in [9.17, 15) is 14.4 Å². The van der Waals surface area contributed by atoms with E-state index >= 15 is 0 Å². The summed E-state index contributed by atoms with van der Waals surface area (Å²) in [6, 6.07) is 8.29. The molecule has 1 heterocycles. The molecule has 27 heavy (non-hydrogen) atoms. The van der Waals surface area contributed by atoms with Crippen LogP contribution in [0.4, 0.5) is 5.69 Å². The Morgan fingerprint density at radius 3 is 2.59 bits per heavy atom. The summed E-state index contributed by atoms with van der Waals surface area (Å²) >= 11 is 5.90. The molecule has 0 unspecified atom stereocenters. The van der Waals surface area contributed by atoms with E-state index in [1.807, 2.05) is 6.07 Å². The van der Waals surface area contributed by atoms with Crippen LogP contribution in [-0.2, 0) is 14.3 Å². The van der Waals surface area contributed by atoms with Gasteiger partial charge in [0.15, 0.2) is 11.9 Å². The van der Waals surface area contributed by atoms with Gasteiger partial charge < -0.3 is 19.8 Å². The Hall–Kier alpha value is -3.31. The SMILES string of the molecule is C[C@H](NC(=O)c1ccco1)C(=O)O[C@@H](C)C(=O)Nc1ccc(C#N)c(Cl)c1. The number of hydrogen-bond acceptors (Lipinski definition) is 6. The molecule has 0 saturated heterocycles. The Morgan fingerprint density at radius 2 is 2.00 bits per heavy atom. The number of halogens is 1. The Balaban J connectivity index is 1.89. The summed E-state index contributed by atoms with van der Waals surface area (Å²) in [6.07, 6.45) is 0.217. The molecule has 9 heteroatoms. The first kappa shape index (κ1) is 20.0. The lowest BCUT2D eigenvalue weighted by Gasteiger charge is -2.17. The molecule has 0 fully saturated rings. The summed E-state index contributed by atoms with van der Waals surface area (Å²) in [7, 11) is 0. The van der Waals surface area contributed by atoms with Crippen LogP contribution in [0.15, 0.2) is 41.0 Å². The fourth-order valence-electron chi connectivity index (χ4n) is 1.99. The van der Waals surface area contributed by atoms with E-state index in [0.29, 0.717) is 5.69 Å². The van der Waals surface area contributed by atoms with Crippen molar-refractivity contribution in [2.24, 2.45) is 0 Å². The number of benzene rings is 1. The van der Waals surface area contributed by atoms with E-state index in [0.717, 1.165) is 0 Å². The molecule has 0 saturated carbocycles. The first-order valence-corrected chi connectivity index (χ1v) is 8.25. The van der Waals surface area contributed by atoms with Crippen LogP contribution < -0.4 is 10.6 Å². The molecule has 0 radical (unpaired) electrons. The highest BCUT2D eigenvalue weighted by Crippen LogP contribution is 2.20. The zero-order valence-corrected chi connectivity index (χ0v) is 15.2. The van der Waals surface area contributed by atoms with Crippen LogP contribution >= 0.6 is 11.6 Å². The number of ether oxygens (including phenoxy) is 1. The molecule has 0 spiro atoms. The van der Waals surface area contributed by atoms with Gasteiger partial charge in [-0.2, -0.15) is 5.26 Å². The Kier molecular flexibility index (Phi) is 6.57. The van der Waals surface area contributed by atoms with Crippen molar-refractivity contribution in [2.75, 3.05) is 5.32 Å². The molecule has 2 N–H and O–H groups in total. The molecule has 140 valence electrons. The van der Waals surface area contributed by atoms with Gasteiger partial charge in [-0.1, -0.05) is 11.6 Å². The predicted octanol–water partition coefficient (Wildman–Crippen LogP) is 2.49. The van der Waals surface area contributed by atoms with Crippen molar-refractivity contribution in [2.45, 2.75) is 26.0 Å². The van der Waals surface area contributed by atoms with Crippen molar-refractivity contribution >= 4 is 35.1 Å². The zero-order valence-electron chi connectivity index (χ0n) is 14.5. The second kappa shape index (κ2) is 8.87. The summed E-state index contributed by atoms with van der Waals surface area (Å²) in [5.74, 6) is -1.89. The highest BCUT2D eigenvalue weighted by molar-refractivity contribution is 6.32. The molecular formula is C18H16ClN3O5. The number of carbonyl (C=O) groups is 3. The van der Waals surface area contributed by atoms with Gasteiger partial charge in [0.05, 0.1) is 16.8 Å². The first-order chi connectivity index (χ1) is 12.8. The third-order valence-electron chi connectivity index (χ3n) is 3.47. The van der Waals surface area contributed by atoms with Gasteiger partial charge in [0.1, 0.15) is 12.1 Å². The van der Waals surface area contributed by atoms with Gasteiger partial charge in [-0.25, -0.2) is 4.79 Å². The Labute approximate surface area is 160 Å². The number of carbonyl (C=O) groups excluding carboxylic acids is 3. The number of rotatable bonds is 6. The van der Waals surface area contributed by atoms with E-state index in [4.69, 9.17) is 26.0 Å². The molecule has 2 aromatic rings. The van der Waals surface area contributed by atoms with Crippen molar-refractivity contribution in [3.8, 4) is 6.07 Å². The minimum absolute atomic E-state index is 0.0538. The van der Waals surface area contributed by atoms with Crippen molar-refractivity contribution < 1.29 is 23.5 Å². The average molecular weight is 390 g/mol. The van der Waals surface area contributed by atoms with E-state index in [2.05, 4.69) is 10.6 Å². The van der Waals surface area contributed by atoms with Gasteiger partial charge >= 0.3 is 5.97 Å². The van der Waals surface area contributed by atoms with E-state index in [1.54, 1.807) is 6.07 Å².